The van der Waals surface area contributed by atoms with Crippen LogP contribution < -0.4 is 10.2 Å². The molecule has 1 N–H and O–H groups in total. The number of pyridine rings is 1. The molecule has 1 unspecified atom stereocenters. The Morgan fingerprint density at radius 1 is 1.29 bits per heavy atom. The zero-order chi connectivity index (χ0) is 14.2. The fourth-order valence-electron chi connectivity index (χ4n) is 3.19. The number of hydrogen-bond donors (Lipinski definition) is 1. The molecule has 4 rings (SSSR count). The van der Waals surface area contributed by atoms with Gasteiger partial charge in [0.1, 0.15) is 0 Å². The van der Waals surface area contributed by atoms with Crippen molar-refractivity contribution in [2.45, 2.75) is 38.6 Å². The van der Waals surface area contributed by atoms with Gasteiger partial charge in [-0.1, -0.05) is 6.07 Å². The standard InChI is InChI=1S/C16H23N5/c1-12-4-2-6-15-18-16(19-21(12)15)20(10-13-7-8-13)11-14-5-3-9-17-14/h2,4,6,13-14,17H,3,5,7-11H2,1H3. The lowest BCUT2D eigenvalue weighted by Gasteiger charge is -2.24. The summed E-state index contributed by atoms with van der Waals surface area (Å²) >= 11 is 0. The van der Waals surface area contributed by atoms with Crippen LogP contribution in [0.5, 0.6) is 0 Å². The lowest BCUT2D eigenvalue weighted by Crippen LogP contribution is -2.39. The summed E-state index contributed by atoms with van der Waals surface area (Å²) in [5.41, 5.74) is 2.08. The van der Waals surface area contributed by atoms with Crippen molar-refractivity contribution in [3.63, 3.8) is 0 Å². The molecule has 21 heavy (non-hydrogen) atoms. The summed E-state index contributed by atoms with van der Waals surface area (Å²) in [7, 11) is 0. The third-order valence-electron chi connectivity index (χ3n) is 4.60. The van der Waals surface area contributed by atoms with E-state index in [1.807, 2.05) is 16.6 Å². The average Bonchev–Trinajstić information content (AvgIpc) is 2.99. The van der Waals surface area contributed by atoms with Gasteiger partial charge in [0.05, 0.1) is 0 Å². The number of anilines is 1. The number of aromatic nitrogens is 3. The highest BCUT2D eigenvalue weighted by molar-refractivity contribution is 5.46. The predicted octanol–water partition coefficient (Wildman–Crippen LogP) is 2.01. The maximum absolute atomic E-state index is 4.75. The summed E-state index contributed by atoms with van der Waals surface area (Å²) in [6.45, 7) is 5.37. The van der Waals surface area contributed by atoms with Crippen molar-refractivity contribution in [2.75, 3.05) is 24.5 Å². The summed E-state index contributed by atoms with van der Waals surface area (Å²) < 4.78 is 1.96. The highest BCUT2D eigenvalue weighted by Crippen LogP contribution is 2.31. The third-order valence-corrected chi connectivity index (χ3v) is 4.60. The van der Waals surface area contributed by atoms with Crippen LogP contribution in [0, 0.1) is 12.8 Å². The fraction of sp³-hybridized carbons (Fsp3) is 0.625. The molecule has 0 spiro atoms. The number of hydrogen-bond acceptors (Lipinski definition) is 4. The van der Waals surface area contributed by atoms with Crippen LogP contribution in [-0.4, -0.2) is 40.3 Å². The second-order valence-corrected chi connectivity index (χ2v) is 6.49. The normalized spacial score (nSPS) is 22.0. The van der Waals surface area contributed by atoms with E-state index in [4.69, 9.17) is 10.1 Å². The number of fused-ring (bicyclic) bond motifs is 1. The van der Waals surface area contributed by atoms with E-state index in [0.717, 1.165) is 42.8 Å². The second-order valence-electron chi connectivity index (χ2n) is 6.49. The molecule has 112 valence electrons. The Morgan fingerprint density at radius 2 is 2.19 bits per heavy atom. The fourth-order valence-corrected chi connectivity index (χ4v) is 3.19. The molecule has 2 aromatic heterocycles. The quantitative estimate of drug-likeness (QED) is 0.913. The molecule has 1 saturated carbocycles. The molecule has 0 amide bonds. The molecular formula is C16H23N5. The first-order valence-corrected chi connectivity index (χ1v) is 8.10. The van der Waals surface area contributed by atoms with Crippen molar-refractivity contribution >= 4 is 11.6 Å². The van der Waals surface area contributed by atoms with Crippen molar-refractivity contribution in [1.29, 1.82) is 0 Å². The maximum Gasteiger partial charge on any atom is 0.245 e. The van der Waals surface area contributed by atoms with Crippen LogP contribution in [0.25, 0.3) is 5.65 Å². The smallest absolute Gasteiger partial charge is 0.245 e. The molecule has 0 aromatic carbocycles. The lowest BCUT2D eigenvalue weighted by atomic mass is 10.2. The van der Waals surface area contributed by atoms with E-state index in [1.165, 1.54) is 25.7 Å². The van der Waals surface area contributed by atoms with Gasteiger partial charge < -0.3 is 10.2 Å². The topological polar surface area (TPSA) is 45.5 Å². The Bertz CT molecular complexity index is 625. The van der Waals surface area contributed by atoms with Gasteiger partial charge in [0, 0.05) is 24.8 Å². The summed E-state index contributed by atoms with van der Waals surface area (Å²) in [6, 6.07) is 6.76. The Balaban J connectivity index is 1.61. The monoisotopic (exact) mass is 285 g/mol. The molecule has 2 aliphatic rings. The summed E-state index contributed by atoms with van der Waals surface area (Å²) in [4.78, 5) is 7.14. The van der Waals surface area contributed by atoms with E-state index in [9.17, 15) is 0 Å². The molecule has 5 nitrogen and oxygen atoms in total. The van der Waals surface area contributed by atoms with Crippen molar-refractivity contribution < 1.29 is 0 Å². The SMILES string of the molecule is Cc1cccc2nc(N(CC3CC3)CC3CCCN3)nn12. The van der Waals surface area contributed by atoms with E-state index in [1.54, 1.807) is 0 Å². The van der Waals surface area contributed by atoms with Crippen molar-refractivity contribution in [3.05, 3.63) is 23.9 Å². The van der Waals surface area contributed by atoms with Gasteiger partial charge in [-0.15, -0.1) is 5.10 Å². The zero-order valence-electron chi connectivity index (χ0n) is 12.6. The van der Waals surface area contributed by atoms with Gasteiger partial charge in [-0.3, -0.25) is 0 Å². The van der Waals surface area contributed by atoms with Crippen molar-refractivity contribution in [3.8, 4) is 0 Å². The Kier molecular flexibility index (Phi) is 3.30. The summed E-state index contributed by atoms with van der Waals surface area (Å²) in [6.07, 6.45) is 5.29. The van der Waals surface area contributed by atoms with Gasteiger partial charge in [0.25, 0.3) is 0 Å². The average molecular weight is 285 g/mol. The molecule has 1 atom stereocenters. The van der Waals surface area contributed by atoms with Gasteiger partial charge in [0.15, 0.2) is 5.65 Å². The molecule has 0 bridgehead atoms. The van der Waals surface area contributed by atoms with Crippen molar-refractivity contribution in [1.82, 2.24) is 19.9 Å². The van der Waals surface area contributed by atoms with Crippen LogP contribution in [0.4, 0.5) is 5.95 Å². The van der Waals surface area contributed by atoms with E-state index in [0.29, 0.717) is 6.04 Å². The Morgan fingerprint density at radius 3 is 2.90 bits per heavy atom. The van der Waals surface area contributed by atoms with Gasteiger partial charge in [0.2, 0.25) is 5.95 Å². The highest BCUT2D eigenvalue weighted by Gasteiger charge is 2.28. The van der Waals surface area contributed by atoms with Crippen LogP contribution >= 0.6 is 0 Å². The van der Waals surface area contributed by atoms with Crippen molar-refractivity contribution in [2.24, 2.45) is 5.92 Å². The molecule has 2 aromatic rings. The number of aryl methyl sites for hydroxylation is 1. The molecule has 3 heterocycles. The minimum Gasteiger partial charge on any atom is -0.338 e. The minimum absolute atomic E-state index is 0.594. The van der Waals surface area contributed by atoms with Crippen LogP contribution in [0.3, 0.4) is 0 Å². The number of nitrogens with one attached hydrogen (secondary N) is 1. The van der Waals surface area contributed by atoms with Gasteiger partial charge in [-0.25, -0.2) is 4.52 Å². The summed E-state index contributed by atoms with van der Waals surface area (Å²) in [5.74, 6) is 1.74. The van der Waals surface area contributed by atoms with E-state index >= 15 is 0 Å². The maximum atomic E-state index is 4.75. The van der Waals surface area contributed by atoms with E-state index in [-0.39, 0.29) is 0 Å². The van der Waals surface area contributed by atoms with Gasteiger partial charge in [-0.2, -0.15) is 4.98 Å². The molecule has 5 heteroatoms. The van der Waals surface area contributed by atoms with Gasteiger partial charge in [-0.05, 0) is 57.2 Å². The van der Waals surface area contributed by atoms with Crippen LogP contribution in [0.1, 0.15) is 31.4 Å². The minimum atomic E-state index is 0.594. The second kappa shape index (κ2) is 5.30. The van der Waals surface area contributed by atoms with Gasteiger partial charge >= 0.3 is 0 Å². The van der Waals surface area contributed by atoms with Crippen LogP contribution in [0.15, 0.2) is 18.2 Å². The number of nitrogens with zero attached hydrogens (tertiary/aromatic N) is 4. The molecule has 2 fully saturated rings. The molecule has 1 saturated heterocycles. The summed E-state index contributed by atoms with van der Waals surface area (Å²) in [5, 5.41) is 8.33. The lowest BCUT2D eigenvalue weighted by molar-refractivity contribution is 0.563. The third kappa shape index (κ3) is 2.75. The Hall–Kier alpha value is -1.62. The predicted molar refractivity (Wildman–Crippen MR) is 83.7 cm³/mol. The first-order valence-electron chi connectivity index (χ1n) is 8.10. The highest BCUT2D eigenvalue weighted by atomic mass is 15.4. The molecule has 1 aliphatic heterocycles. The molecule has 1 aliphatic carbocycles. The molecule has 0 radical (unpaired) electrons. The van der Waals surface area contributed by atoms with Crippen LogP contribution in [0.2, 0.25) is 0 Å². The van der Waals surface area contributed by atoms with E-state index in [2.05, 4.69) is 23.2 Å². The zero-order valence-corrected chi connectivity index (χ0v) is 12.6. The largest absolute Gasteiger partial charge is 0.338 e. The number of rotatable bonds is 5. The van der Waals surface area contributed by atoms with E-state index < -0.39 is 0 Å². The Labute approximate surface area is 125 Å². The first kappa shape index (κ1) is 13.1. The molecular weight excluding hydrogens is 262 g/mol. The first-order chi connectivity index (χ1) is 10.3. The van der Waals surface area contributed by atoms with Crippen LogP contribution in [-0.2, 0) is 0 Å².